The summed E-state index contributed by atoms with van der Waals surface area (Å²) in [6.07, 6.45) is 2.31. The van der Waals surface area contributed by atoms with E-state index in [-0.39, 0.29) is 6.10 Å². The lowest BCUT2D eigenvalue weighted by Gasteiger charge is -2.27. The highest BCUT2D eigenvalue weighted by atomic mass is 16.6. The zero-order valence-electron chi connectivity index (χ0n) is 11.9. The molecular formula is C18H19NO2. The van der Waals surface area contributed by atoms with Crippen molar-refractivity contribution < 1.29 is 9.47 Å². The predicted octanol–water partition coefficient (Wildman–Crippen LogP) is 2.58. The van der Waals surface area contributed by atoms with Crippen LogP contribution in [0.2, 0.25) is 0 Å². The maximum atomic E-state index is 5.98. The Morgan fingerprint density at radius 3 is 2.33 bits per heavy atom. The maximum Gasteiger partial charge on any atom is 0.161 e. The molecule has 21 heavy (non-hydrogen) atoms. The first kappa shape index (κ1) is 12.7. The Labute approximate surface area is 124 Å². The minimum Gasteiger partial charge on any atom is -0.486 e. The molecule has 0 radical (unpaired) electrons. The molecule has 1 heterocycles. The molecule has 0 fully saturated rings. The number of fused-ring (bicyclic) bond motifs is 2. The number of rotatable bonds is 3. The second-order valence-electron chi connectivity index (χ2n) is 5.78. The Balaban J connectivity index is 1.33. The van der Waals surface area contributed by atoms with Gasteiger partial charge in [-0.2, -0.15) is 0 Å². The van der Waals surface area contributed by atoms with Crippen molar-refractivity contribution in [3.05, 3.63) is 59.7 Å². The van der Waals surface area contributed by atoms with Gasteiger partial charge in [-0.05, 0) is 36.1 Å². The highest BCUT2D eigenvalue weighted by molar-refractivity contribution is 5.40. The molecule has 0 amide bonds. The molecule has 0 bridgehead atoms. The van der Waals surface area contributed by atoms with Gasteiger partial charge in [0.2, 0.25) is 0 Å². The molecule has 1 unspecified atom stereocenters. The average Bonchev–Trinajstić information content (AvgIpc) is 2.95. The smallest absolute Gasteiger partial charge is 0.161 e. The van der Waals surface area contributed by atoms with Crippen LogP contribution in [0.5, 0.6) is 11.5 Å². The first-order valence-corrected chi connectivity index (χ1v) is 7.57. The van der Waals surface area contributed by atoms with E-state index < -0.39 is 0 Å². The van der Waals surface area contributed by atoms with Crippen LogP contribution in [-0.4, -0.2) is 25.3 Å². The van der Waals surface area contributed by atoms with Crippen molar-refractivity contribution in [2.45, 2.75) is 25.0 Å². The first-order valence-electron chi connectivity index (χ1n) is 7.57. The van der Waals surface area contributed by atoms with Gasteiger partial charge in [0.25, 0.3) is 0 Å². The highest BCUT2D eigenvalue weighted by Gasteiger charge is 2.24. The van der Waals surface area contributed by atoms with Crippen LogP contribution < -0.4 is 14.8 Å². The van der Waals surface area contributed by atoms with Gasteiger partial charge in [0.05, 0.1) is 0 Å². The third-order valence-electron chi connectivity index (χ3n) is 4.25. The molecule has 4 rings (SSSR count). The third kappa shape index (κ3) is 2.61. The van der Waals surface area contributed by atoms with Crippen molar-refractivity contribution in [3.8, 4) is 11.5 Å². The van der Waals surface area contributed by atoms with Crippen LogP contribution in [0.4, 0.5) is 0 Å². The molecule has 3 heteroatoms. The second-order valence-corrected chi connectivity index (χ2v) is 5.78. The molecule has 1 N–H and O–H groups in total. The number of nitrogens with one attached hydrogen (secondary N) is 1. The average molecular weight is 281 g/mol. The standard InChI is InChI=1S/C18H19NO2/c1-2-6-14-10-15(9-13(14)5-1)19-11-16-12-20-17-7-3-4-8-18(17)21-16/h1-8,15-16,19H,9-12H2. The lowest BCUT2D eigenvalue weighted by Crippen LogP contribution is -2.42. The van der Waals surface area contributed by atoms with Gasteiger partial charge >= 0.3 is 0 Å². The minimum absolute atomic E-state index is 0.0867. The molecule has 108 valence electrons. The topological polar surface area (TPSA) is 30.5 Å². The molecule has 1 aliphatic heterocycles. The Kier molecular flexibility index (Phi) is 3.28. The van der Waals surface area contributed by atoms with Gasteiger partial charge in [-0.25, -0.2) is 0 Å². The quantitative estimate of drug-likeness (QED) is 0.938. The van der Waals surface area contributed by atoms with Crippen LogP contribution in [-0.2, 0) is 12.8 Å². The third-order valence-corrected chi connectivity index (χ3v) is 4.25. The van der Waals surface area contributed by atoms with Gasteiger partial charge in [-0.1, -0.05) is 36.4 Å². The molecule has 1 atom stereocenters. The van der Waals surface area contributed by atoms with Crippen LogP contribution in [0, 0.1) is 0 Å². The fraction of sp³-hybridized carbons (Fsp3) is 0.333. The summed E-state index contributed by atoms with van der Waals surface area (Å²) in [5, 5.41) is 3.62. The van der Waals surface area contributed by atoms with E-state index in [1.54, 1.807) is 0 Å². The molecule has 0 saturated carbocycles. The van der Waals surface area contributed by atoms with Crippen LogP contribution >= 0.6 is 0 Å². The lowest BCUT2D eigenvalue weighted by atomic mass is 10.1. The Morgan fingerprint density at radius 1 is 0.905 bits per heavy atom. The number of para-hydroxylation sites is 2. The summed E-state index contributed by atoms with van der Waals surface area (Å²) < 4.78 is 11.7. The van der Waals surface area contributed by atoms with E-state index in [0.717, 1.165) is 30.9 Å². The molecular weight excluding hydrogens is 262 g/mol. The van der Waals surface area contributed by atoms with Crippen LogP contribution in [0.3, 0.4) is 0 Å². The second kappa shape index (κ2) is 5.41. The predicted molar refractivity (Wildman–Crippen MR) is 82.0 cm³/mol. The molecule has 2 aromatic carbocycles. The van der Waals surface area contributed by atoms with E-state index in [4.69, 9.17) is 9.47 Å². The fourth-order valence-corrected chi connectivity index (χ4v) is 3.16. The summed E-state index contributed by atoms with van der Waals surface area (Å²) in [5.41, 5.74) is 2.95. The van der Waals surface area contributed by atoms with Gasteiger partial charge < -0.3 is 14.8 Å². The van der Waals surface area contributed by atoms with Gasteiger partial charge in [0.1, 0.15) is 12.7 Å². The normalized spacial score (nSPS) is 20.3. The number of ether oxygens (including phenoxy) is 2. The molecule has 2 aromatic rings. The minimum atomic E-state index is 0.0867. The van der Waals surface area contributed by atoms with Gasteiger partial charge in [-0.3, -0.25) is 0 Å². The van der Waals surface area contributed by atoms with E-state index >= 15 is 0 Å². The number of hydrogen-bond acceptors (Lipinski definition) is 3. The SMILES string of the molecule is c1ccc2c(c1)CC(NCC1COc3ccccc3O1)C2. The summed E-state index contributed by atoms with van der Waals surface area (Å²) in [7, 11) is 0. The van der Waals surface area contributed by atoms with Crippen molar-refractivity contribution in [2.24, 2.45) is 0 Å². The zero-order chi connectivity index (χ0) is 14.1. The fourth-order valence-electron chi connectivity index (χ4n) is 3.16. The van der Waals surface area contributed by atoms with Crippen LogP contribution in [0.15, 0.2) is 48.5 Å². The van der Waals surface area contributed by atoms with E-state index in [1.165, 1.54) is 11.1 Å². The van der Waals surface area contributed by atoms with Crippen molar-refractivity contribution in [1.29, 1.82) is 0 Å². The highest BCUT2D eigenvalue weighted by Crippen LogP contribution is 2.30. The first-order chi connectivity index (χ1) is 10.4. The zero-order valence-corrected chi connectivity index (χ0v) is 11.9. The lowest BCUT2D eigenvalue weighted by molar-refractivity contribution is 0.0884. The van der Waals surface area contributed by atoms with E-state index in [0.29, 0.717) is 12.6 Å². The summed E-state index contributed by atoms with van der Waals surface area (Å²) in [5.74, 6) is 1.70. The summed E-state index contributed by atoms with van der Waals surface area (Å²) in [6.45, 7) is 1.44. The van der Waals surface area contributed by atoms with E-state index in [9.17, 15) is 0 Å². The monoisotopic (exact) mass is 281 g/mol. The van der Waals surface area contributed by atoms with Crippen molar-refractivity contribution >= 4 is 0 Å². The van der Waals surface area contributed by atoms with E-state index in [2.05, 4.69) is 29.6 Å². The summed E-state index contributed by atoms with van der Waals surface area (Å²) in [4.78, 5) is 0. The van der Waals surface area contributed by atoms with Crippen LogP contribution in [0.25, 0.3) is 0 Å². The Hall–Kier alpha value is -2.00. The Morgan fingerprint density at radius 2 is 1.57 bits per heavy atom. The van der Waals surface area contributed by atoms with Crippen molar-refractivity contribution in [3.63, 3.8) is 0 Å². The number of hydrogen-bond donors (Lipinski definition) is 1. The number of benzene rings is 2. The van der Waals surface area contributed by atoms with E-state index in [1.807, 2.05) is 24.3 Å². The Bertz CT molecular complexity index is 616. The van der Waals surface area contributed by atoms with Gasteiger partial charge in [0.15, 0.2) is 11.5 Å². The largest absolute Gasteiger partial charge is 0.486 e. The molecule has 0 aromatic heterocycles. The summed E-state index contributed by atoms with van der Waals surface area (Å²) in [6, 6.07) is 17.1. The maximum absolute atomic E-state index is 5.98. The molecule has 1 aliphatic carbocycles. The molecule has 3 nitrogen and oxygen atoms in total. The van der Waals surface area contributed by atoms with Gasteiger partial charge in [0, 0.05) is 12.6 Å². The molecule has 0 saturated heterocycles. The summed E-state index contributed by atoms with van der Waals surface area (Å²) >= 11 is 0. The molecule has 2 aliphatic rings. The van der Waals surface area contributed by atoms with Crippen LogP contribution in [0.1, 0.15) is 11.1 Å². The van der Waals surface area contributed by atoms with Gasteiger partial charge in [-0.15, -0.1) is 0 Å². The van der Waals surface area contributed by atoms with Crippen molar-refractivity contribution in [1.82, 2.24) is 5.32 Å². The molecule has 0 spiro atoms. The van der Waals surface area contributed by atoms with Crippen molar-refractivity contribution in [2.75, 3.05) is 13.2 Å².